The van der Waals surface area contributed by atoms with E-state index in [1.807, 2.05) is 17.0 Å². The van der Waals surface area contributed by atoms with Crippen LogP contribution in [-0.2, 0) is 51.0 Å². The highest BCUT2D eigenvalue weighted by Crippen LogP contribution is 2.29. The number of nitrogens with zero attached hydrogens (tertiary/aromatic N) is 1. The molecule has 1 N–H and O–H groups in total. The first-order chi connectivity index (χ1) is 24.4. The van der Waals surface area contributed by atoms with Crippen LogP contribution < -0.4 is 0 Å². The number of carboxylic acids is 1. The molecule has 0 aromatic heterocycles. The van der Waals surface area contributed by atoms with Crippen molar-refractivity contribution >= 4 is 35.0 Å². The molecular weight excluding hydrogens is 658 g/mol. The topological polar surface area (TPSA) is 163 Å². The Bertz CT molecular complexity index is 1870. The van der Waals surface area contributed by atoms with Crippen LogP contribution in [0.25, 0.3) is 0 Å². The van der Waals surface area contributed by atoms with E-state index < -0.39 is 11.8 Å². The van der Waals surface area contributed by atoms with Crippen molar-refractivity contribution in [1.29, 1.82) is 0 Å². The minimum Gasteiger partial charge on any atom is -0.489 e. The molecule has 1 heterocycles. The summed E-state index contributed by atoms with van der Waals surface area (Å²) in [5.74, 6) is -2.79. The van der Waals surface area contributed by atoms with Crippen LogP contribution in [0.5, 0.6) is 0 Å². The van der Waals surface area contributed by atoms with Gasteiger partial charge in [-0.05, 0) is 68.5 Å². The zero-order valence-electron chi connectivity index (χ0n) is 29.5. The number of methoxy groups -OCH3 is 4. The number of carbonyl (C=O) groups excluding carboxylic acids is 5. The first-order valence-corrected chi connectivity index (χ1v) is 16.3. The Balaban J connectivity index is 0.000000233. The van der Waals surface area contributed by atoms with Gasteiger partial charge >= 0.3 is 5.97 Å². The summed E-state index contributed by atoms with van der Waals surface area (Å²) in [6.07, 6.45) is 3.77. The SMILES string of the molecule is COC1=C(OC)C(=O)C(Cc2ccc(C(=O)N3CCCCC3)cc2)=C(C)C1=O.COC1=C(OC)C(=O)C(Cc2ccc(C(=O)O)cc2)=C(C)C1=O. The lowest BCUT2D eigenvalue weighted by Gasteiger charge is -2.26. The molecule has 0 bridgehead atoms. The number of allylic oxidation sites excluding steroid dienone is 4. The number of hydrogen-bond acceptors (Lipinski definition) is 10. The van der Waals surface area contributed by atoms with Gasteiger partial charge in [-0.3, -0.25) is 24.0 Å². The number of amides is 1. The zero-order valence-corrected chi connectivity index (χ0v) is 29.5. The molecule has 2 aliphatic carbocycles. The molecule has 1 fully saturated rings. The average molecular weight is 700 g/mol. The number of benzene rings is 2. The van der Waals surface area contributed by atoms with E-state index in [1.54, 1.807) is 38.1 Å². The second kappa shape index (κ2) is 16.8. The predicted octanol–water partition coefficient (Wildman–Crippen LogP) is 4.73. The van der Waals surface area contributed by atoms with Gasteiger partial charge in [-0.25, -0.2) is 4.79 Å². The standard InChI is InChI=1S/C22H25NO5.C17H16O6/c1-14-17(19(25)21(28-3)20(27-2)18(14)24)13-15-7-9-16(10-8-15)22(26)23-11-5-4-6-12-23;1-9-12(8-10-4-6-11(7-5-10)17(20)21)14(19)16(23-3)15(22-2)13(9)18/h7-10H,4-6,11-13H2,1-3H3;4-7H,8H2,1-3H3,(H,20,21). The fraction of sp³-hybridized carbons (Fsp3) is 0.333. The Morgan fingerprint density at radius 2 is 0.922 bits per heavy atom. The van der Waals surface area contributed by atoms with Crippen molar-refractivity contribution in [2.75, 3.05) is 41.5 Å². The lowest BCUT2D eigenvalue weighted by molar-refractivity contribution is -0.121. The highest BCUT2D eigenvalue weighted by molar-refractivity contribution is 6.24. The van der Waals surface area contributed by atoms with Crippen LogP contribution in [0.3, 0.4) is 0 Å². The zero-order chi connectivity index (χ0) is 37.4. The van der Waals surface area contributed by atoms with Gasteiger partial charge in [0.05, 0.1) is 34.0 Å². The molecule has 12 nitrogen and oxygen atoms in total. The Morgan fingerprint density at radius 3 is 1.27 bits per heavy atom. The Kier molecular flexibility index (Phi) is 12.5. The number of likely N-dealkylation sites (tertiary alicyclic amines) is 1. The molecule has 0 radical (unpaired) electrons. The minimum atomic E-state index is -1.02. The number of ether oxygens (including phenoxy) is 4. The molecule has 51 heavy (non-hydrogen) atoms. The van der Waals surface area contributed by atoms with Crippen LogP contribution >= 0.6 is 0 Å². The van der Waals surface area contributed by atoms with Gasteiger partial charge in [0, 0.05) is 53.8 Å². The maximum Gasteiger partial charge on any atom is 0.335 e. The third kappa shape index (κ3) is 8.17. The third-order valence-corrected chi connectivity index (χ3v) is 9.00. The molecule has 5 rings (SSSR count). The summed E-state index contributed by atoms with van der Waals surface area (Å²) in [6.45, 7) is 4.79. The van der Waals surface area contributed by atoms with Crippen LogP contribution in [0.4, 0.5) is 0 Å². The quantitative estimate of drug-likeness (QED) is 0.341. The molecule has 1 aliphatic heterocycles. The summed E-state index contributed by atoms with van der Waals surface area (Å²) < 4.78 is 20.2. The van der Waals surface area contributed by atoms with Crippen molar-refractivity contribution < 1.29 is 52.8 Å². The molecule has 2 aromatic rings. The lowest BCUT2D eigenvalue weighted by Crippen LogP contribution is -2.35. The van der Waals surface area contributed by atoms with Gasteiger partial charge < -0.3 is 29.0 Å². The molecule has 3 aliphatic rings. The van der Waals surface area contributed by atoms with Crippen molar-refractivity contribution in [3.05, 3.63) is 116 Å². The highest BCUT2D eigenvalue weighted by Gasteiger charge is 2.36. The maximum atomic E-state index is 12.7. The van der Waals surface area contributed by atoms with Crippen LogP contribution in [0.2, 0.25) is 0 Å². The van der Waals surface area contributed by atoms with Gasteiger partial charge in [-0.1, -0.05) is 24.3 Å². The van der Waals surface area contributed by atoms with E-state index in [-0.39, 0.29) is 58.3 Å². The summed E-state index contributed by atoms with van der Waals surface area (Å²) >= 11 is 0. The van der Waals surface area contributed by atoms with E-state index >= 15 is 0 Å². The fourth-order valence-electron chi connectivity index (χ4n) is 6.03. The van der Waals surface area contributed by atoms with E-state index in [2.05, 4.69) is 0 Å². The average Bonchev–Trinajstić information content (AvgIpc) is 3.15. The van der Waals surface area contributed by atoms with E-state index in [1.165, 1.54) is 47.0 Å². The minimum absolute atomic E-state index is 0.0416. The monoisotopic (exact) mass is 699 g/mol. The van der Waals surface area contributed by atoms with Crippen molar-refractivity contribution in [3.63, 3.8) is 0 Å². The molecule has 2 aromatic carbocycles. The third-order valence-electron chi connectivity index (χ3n) is 9.00. The van der Waals surface area contributed by atoms with Gasteiger partial charge in [0.2, 0.25) is 46.2 Å². The number of Topliss-reactive ketones (excluding diaryl/α,β-unsaturated/α-hetero) is 4. The Hall–Kier alpha value is -5.78. The van der Waals surface area contributed by atoms with Gasteiger partial charge in [-0.15, -0.1) is 0 Å². The van der Waals surface area contributed by atoms with Gasteiger partial charge in [0.15, 0.2) is 0 Å². The number of hydrogen-bond donors (Lipinski definition) is 1. The van der Waals surface area contributed by atoms with E-state index in [0.29, 0.717) is 34.3 Å². The molecule has 0 atom stereocenters. The lowest BCUT2D eigenvalue weighted by atomic mass is 9.88. The number of piperidine rings is 1. The molecular formula is C39H41NO11. The molecule has 1 amide bonds. The smallest absolute Gasteiger partial charge is 0.335 e. The number of aromatic carboxylic acids is 1. The fourth-order valence-corrected chi connectivity index (χ4v) is 6.03. The molecule has 0 saturated carbocycles. The van der Waals surface area contributed by atoms with Gasteiger partial charge in [0.1, 0.15) is 0 Å². The molecule has 0 unspecified atom stereocenters. The van der Waals surface area contributed by atoms with Crippen molar-refractivity contribution in [2.45, 2.75) is 46.0 Å². The first-order valence-electron chi connectivity index (χ1n) is 16.3. The number of rotatable bonds is 10. The molecule has 1 saturated heterocycles. The normalized spacial score (nSPS) is 16.6. The van der Waals surface area contributed by atoms with Crippen LogP contribution in [0, 0.1) is 0 Å². The Labute approximate surface area is 296 Å². The molecule has 268 valence electrons. The van der Waals surface area contributed by atoms with E-state index in [9.17, 15) is 28.8 Å². The first kappa shape index (κ1) is 38.0. The summed E-state index contributed by atoms with van der Waals surface area (Å²) in [5, 5.41) is 8.89. The summed E-state index contributed by atoms with van der Waals surface area (Å²) in [7, 11) is 5.30. The largest absolute Gasteiger partial charge is 0.489 e. The van der Waals surface area contributed by atoms with E-state index in [0.717, 1.165) is 37.1 Å². The summed E-state index contributed by atoms with van der Waals surface area (Å²) in [5.41, 5.74) is 3.73. The summed E-state index contributed by atoms with van der Waals surface area (Å²) in [6, 6.07) is 13.4. The number of carbonyl (C=O) groups is 6. The molecule has 12 heteroatoms. The Morgan fingerprint density at radius 1 is 0.569 bits per heavy atom. The van der Waals surface area contributed by atoms with Crippen molar-refractivity contribution in [3.8, 4) is 0 Å². The van der Waals surface area contributed by atoms with Crippen molar-refractivity contribution in [1.82, 2.24) is 4.90 Å². The number of carboxylic acid groups (broad SMARTS) is 1. The number of ketones is 4. The van der Waals surface area contributed by atoms with Crippen LogP contribution in [0.1, 0.15) is 65.0 Å². The second-order valence-corrected chi connectivity index (χ2v) is 12.1. The van der Waals surface area contributed by atoms with Crippen LogP contribution in [-0.4, -0.2) is 86.5 Å². The predicted molar refractivity (Wildman–Crippen MR) is 185 cm³/mol. The van der Waals surface area contributed by atoms with Crippen LogP contribution in [0.15, 0.2) is 93.9 Å². The summed E-state index contributed by atoms with van der Waals surface area (Å²) in [4.78, 5) is 75.3. The van der Waals surface area contributed by atoms with Crippen molar-refractivity contribution in [2.24, 2.45) is 0 Å². The van der Waals surface area contributed by atoms with E-state index in [4.69, 9.17) is 24.1 Å². The molecule has 0 spiro atoms. The van der Waals surface area contributed by atoms with Gasteiger partial charge in [0.25, 0.3) is 5.91 Å². The van der Waals surface area contributed by atoms with Gasteiger partial charge in [-0.2, -0.15) is 0 Å². The second-order valence-electron chi connectivity index (χ2n) is 12.1. The maximum absolute atomic E-state index is 12.7. The highest BCUT2D eigenvalue weighted by atomic mass is 16.5.